The second-order valence-corrected chi connectivity index (χ2v) is 7.95. The Balaban J connectivity index is 1.39. The highest BCUT2D eigenvalue weighted by Gasteiger charge is 2.22. The Morgan fingerprint density at radius 2 is 1.85 bits per heavy atom. The summed E-state index contributed by atoms with van der Waals surface area (Å²) >= 11 is 8.21. The van der Waals surface area contributed by atoms with E-state index in [0.717, 1.165) is 33.7 Å². The van der Waals surface area contributed by atoms with E-state index in [9.17, 15) is 0 Å². The Morgan fingerprint density at radius 1 is 1.04 bits per heavy atom. The van der Waals surface area contributed by atoms with Gasteiger partial charge in [0.25, 0.3) is 0 Å². The zero-order valence-corrected chi connectivity index (χ0v) is 16.5. The van der Waals surface area contributed by atoms with Crippen molar-refractivity contribution in [3.63, 3.8) is 0 Å². The van der Waals surface area contributed by atoms with Gasteiger partial charge in [-0.15, -0.1) is 0 Å². The fraction of sp³-hybridized carbons (Fsp3) is 0.227. The smallest absolute Gasteiger partial charge is 0.233 e. The molecule has 3 aromatic rings. The van der Waals surface area contributed by atoms with Crippen LogP contribution in [0.4, 0.5) is 0 Å². The van der Waals surface area contributed by atoms with E-state index in [1.54, 1.807) is 0 Å². The molecule has 0 bridgehead atoms. The molecule has 0 N–H and O–H groups in total. The molecule has 2 heterocycles. The summed E-state index contributed by atoms with van der Waals surface area (Å²) in [6.45, 7) is 1.35. The number of halogens is 1. The van der Waals surface area contributed by atoms with Gasteiger partial charge in [0.2, 0.25) is 5.90 Å². The van der Waals surface area contributed by atoms with Crippen LogP contribution in [0.1, 0.15) is 16.8 Å². The van der Waals surface area contributed by atoms with Crippen molar-refractivity contribution in [2.75, 3.05) is 12.4 Å². The molecule has 0 radical (unpaired) electrons. The summed E-state index contributed by atoms with van der Waals surface area (Å²) in [6, 6.07) is 22.7. The van der Waals surface area contributed by atoms with Crippen molar-refractivity contribution in [1.82, 2.24) is 4.57 Å². The lowest BCUT2D eigenvalue weighted by molar-refractivity contribution is 0.323. The molecule has 0 unspecified atom stereocenters. The average molecular weight is 397 g/mol. The Bertz CT molecular complexity index is 923. The van der Waals surface area contributed by atoms with Gasteiger partial charge in [0.15, 0.2) is 0 Å². The normalized spacial score (nSPS) is 16.2. The molecule has 1 atom stereocenters. The van der Waals surface area contributed by atoms with Crippen LogP contribution in [-0.2, 0) is 17.0 Å². The van der Waals surface area contributed by atoms with Gasteiger partial charge in [0.05, 0.1) is 6.04 Å². The Morgan fingerprint density at radius 3 is 2.70 bits per heavy atom. The molecular formula is C22H21ClN2OS. The minimum absolute atomic E-state index is 0.206. The van der Waals surface area contributed by atoms with Crippen LogP contribution in [0.2, 0.25) is 5.02 Å². The molecule has 0 saturated heterocycles. The Labute approximate surface area is 169 Å². The van der Waals surface area contributed by atoms with E-state index in [0.29, 0.717) is 13.2 Å². The number of aliphatic imine (C=N–C) groups is 1. The summed E-state index contributed by atoms with van der Waals surface area (Å²) in [5.41, 5.74) is 3.44. The maximum absolute atomic E-state index is 6.31. The summed E-state index contributed by atoms with van der Waals surface area (Å²) in [5.74, 6) is 2.70. The molecule has 2 aromatic carbocycles. The number of rotatable bonds is 7. The van der Waals surface area contributed by atoms with Gasteiger partial charge in [0.1, 0.15) is 12.3 Å². The first-order chi connectivity index (χ1) is 13.3. The third-order valence-electron chi connectivity index (χ3n) is 4.48. The highest BCUT2D eigenvalue weighted by atomic mass is 35.5. The van der Waals surface area contributed by atoms with Crippen molar-refractivity contribution < 1.29 is 4.74 Å². The molecule has 0 aliphatic carbocycles. The number of hydrogen-bond acceptors (Lipinski definition) is 3. The number of aromatic nitrogens is 1. The van der Waals surface area contributed by atoms with Crippen molar-refractivity contribution in [2.24, 2.45) is 4.99 Å². The number of ether oxygens (including phenoxy) is 1. The molecule has 0 fully saturated rings. The van der Waals surface area contributed by atoms with Crippen molar-refractivity contribution >= 4 is 29.3 Å². The number of nitrogens with zero attached hydrogens (tertiary/aromatic N) is 2. The van der Waals surface area contributed by atoms with Crippen LogP contribution in [-0.4, -0.2) is 28.9 Å². The van der Waals surface area contributed by atoms with Crippen LogP contribution in [0.5, 0.6) is 0 Å². The van der Waals surface area contributed by atoms with E-state index in [-0.39, 0.29) is 6.04 Å². The molecule has 0 spiro atoms. The summed E-state index contributed by atoms with van der Waals surface area (Å²) < 4.78 is 8.04. The number of benzene rings is 2. The van der Waals surface area contributed by atoms with Gasteiger partial charge in [0, 0.05) is 29.3 Å². The summed E-state index contributed by atoms with van der Waals surface area (Å²) in [7, 11) is 0. The number of thioether (sulfide) groups is 1. The lowest BCUT2D eigenvalue weighted by Crippen LogP contribution is -2.11. The van der Waals surface area contributed by atoms with E-state index in [1.807, 2.05) is 54.4 Å². The number of hydrogen-bond donors (Lipinski definition) is 0. The van der Waals surface area contributed by atoms with Crippen LogP contribution in [0.15, 0.2) is 77.9 Å². The first-order valence-corrected chi connectivity index (χ1v) is 10.5. The van der Waals surface area contributed by atoms with E-state index >= 15 is 0 Å². The van der Waals surface area contributed by atoms with Crippen molar-refractivity contribution in [3.8, 4) is 0 Å². The van der Waals surface area contributed by atoms with Gasteiger partial charge in [-0.3, -0.25) is 0 Å². The zero-order valence-electron chi connectivity index (χ0n) is 14.9. The minimum Gasteiger partial charge on any atom is -0.474 e. The Hall–Kier alpha value is -2.17. The first-order valence-electron chi connectivity index (χ1n) is 9.01. The topological polar surface area (TPSA) is 26.5 Å². The lowest BCUT2D eigenvalue weighted by atomic mass is 10.2. The Kier molecular flexibility index (Phi) is 5.85. The second-order valence-electron chi connectivity index (χ2n) is 6.51. The molecule has 5 heteroatoms. The highest BCUT2D eigenvalue weighted by molar-refractivity contribution is 7.98. The molecule has 0 saturated carbocycles. The first kappa shape index (κ1) is 18.2. The van der Waals surface area contributed by atoms with Gasteiger partial charge < -0.3 is 9.30 Å². The molecule has 1 aliphatic heterocycles. The fourth-order valence-corrected chi connectivity index (χ4v) is 4.27. The monoisotopic (exact) mass is 396 g/mol. The van der Waals surface area contributed by atoms with Crippen LogP contribution < -0.4 is 0 Å². The molecule has 1 aromatic heterocycles. The summed E-state index contributed by atoms with van der Waals surface area (Å²) in [4.78, 5) is 4.81. The highest BCUT2D eigenvalue weighted by Crippen LogP contribution is 2.21. The third kappa shape index (κ3) is 4.57. The van der Waals surface area contributed by atoms with Crippen LogP contribution in [0.25, 0.3) is 0 Å². The van der Waals surface area contributed by atoms with Crippen LogP contribution >= 0.6 is 23.4 Å². The molecule has 0 amide bonds. The molecule has 4 rings (SSSR count). The summed E-state index contributed by atoms with van der Waals surface area (Å²) in [5, 5.41) is 0.779. The predicted octanol–water partition coefficient (Wildman–Crippen LogP) is 5.27. The van der Waals surface area contributed by atoms with Crippen molar-refractivity contribution in [2.45, 2.75) is 18.3 Å². The molecule has 27 heavy (non-hydrogen) atoms. The second kappa shape index (κ2) is 8.68. The van der Waals surface area contributed by atoms with Gasteiger partial charge >= 0.3 is 0 Å². The van der Waals surface area contributed by atoms with Gasteiger partial charge in [-0.2, -0.15) is 11.8 Å². The lowest BCUT2D eigenvalue weighted by Gasteiger charge is -2.10. The molecule has 1 aliphatic rings. The zero-order chi connectivity index (χ0) is 18.5. The fourth-order valence-electron chi connectivity index (χ4n) is 3.08. The van der Waals surface area contributed by atoms with Crippen LogP contribution in [0.3, 0.4) is 0 Å². The maximum atomic E-state index is 6.31. The standard InChI is InChI=1S/C22H21ClN2OS/c23-20-10-5-4-9-18(20)13-25-12-6-11-21(25)22-24-19(14-26-22)16-27-15-17-7-2-1-3-8-17/h1-12,19H,13-16H2/t19-/m1/s1. The quantitative estimate of drug-likeness (QED) is 0.544. The molecule has 138 valence electrons. The van der Waals surface area contributed by atoms with Gasteiger partial charge in [-0.25, -0.2) is 4.99 Å². The molecular weight excluding hydrogens is 376 g/mol. The van der Waals surface area contributed by atoms with Crippen molar-refractivity contribution in [1.29, 1.82) is 0 Å². The minimum atomic E-state index is 0.206. The van der Waals surface area contributed by atoms with Crippen molar-refractivity contribution in [3.05, 3.63) is 94.8 Å². The SMILES string of the molecule is Clc1ccccc1Cn1cccc1C1=N[C@@H](CSCc2ccccc2)CO1. The third-order valence-corrected chi connectivity index (χ3v) is 6.01. The van der Waals surface area contributed by atoms with E-state index in [4.69, 9.17) is 21.3 Å². The predicted molar refractivity (Wildman–Crippen MR) is 114 cm³/mol. The van der Waals surface area contributed by atoms with E-state index < -0.39 is 0 Å². The summed E-state index contributed by atoms with van der Waals surface area (Å²) in [6.07, 6.45) is 2.04. The average Bonchev–Trinajstić information content (AvgIpc) is 3.34. The van der Waals surface area contributed by atoms with E-state index in [1.165, 1.54) is 5.56 Å². The van der Waals surface area contributed by atoms with Gasteiger partial charge in [-0.05, 0) is 29.3 Å². The largest absolute Gasteiger partial charge is 0.474 e. The van der Waals surface area contributed by atoms with Crippen LogP contribution in [0, 0.1) is 0 Å². The molecule has 3 nitrogen and oxygen atoms in total. The maximum Gasteiger partial charge on any atom is 0.233 e. The van der Waals surface area contributed by atoms with E-state index in [2.05, 4.69) is 34.9 Å². The van der Waals surface area contributed by atoms with Gasteiger partial charge in [-0.1, -0.05) is 60.1 Å².